The largest absolute Gasteiger partial charge is 0.349 e. The van der Waals surface area contributed by atoms with E-state index in [1.165, 1.54) is 0 Å². The molecule has 0 spiro atoms. The molecule has 0 aliphatic heterocycles. The van der Waals surface area contributed by atoms with Crippen LogP contribution in [0.3, 0.4) is 0 Å². The molecular weight excluding hydrogens is 283 g/mol. The van der Waals surface area contributed by atoms with Crippen molar-refractivity contribution in [3.05, 3.63) is 28.5 Å². The van der Waals surface area contributed by atoms with Gasteiger partial charge < -0.3 is 5.32 Å². The normalized spacial score (nSPS) is 15.5. The molecule has 2 rings (SSSR count). The molecule has 1 aromatic rings. The molecule has 8 heteroatoms. The van der Waals surface area contributed by atoms with Gasteiger partial charge >= 0.3 is 0 Å². The Kier molecular flexibility index (Phi) is 3.31. The van der Waals surface area contributed by atoms with Gasteiger partial charge in [-0.2, -0.15) is 0 Å². The van der Waals surface area contributed by atoms with Gasteiger partial charge in [0.1, 0.15) is 10.7 Å². The number of carbonyl (C=O) groups is 1. The smallest absolute Gasteiger partial charge is 0.254 e. The molecule has 1 fully saturated rings. The fraction of sp³-hybridized carbons (Fsp3) is 0.300. The monoisotopic (exact) mass is 292 g/mol. The Hall–Kier alpha value is -1.18. The highest BCUT2D eigenvalue weighted by molar-refractivity contribution is 7.89. The molecule has 3 N–H and O–H groups in total. The Morgan fingerprint density at radius 3 is 2.56 bits per heavy atom. The summed E-state index contributed by atoms with van der Waals surface area (Å²) in [5.74, 6) is -1.55. The van der Waals surface area contributed by atoms with Crippen molar-refractivity contribution in [2.45, 2.75) is 23.8 Å². The lowest BCUT2D eigenvalue weighted by Crippen LogP contribution is -2.27. The van der Waals surface area contributed by atoms with Crippen molar-refractivity contribution in [3.63, 3.8) is 0 Å². The zero-order chi connectivity index (χ0) is 13.5. The minimum Gasteiger partial charge on any atom is -0.349 e. The van der Waals surface area contributed by atoms with Crippen LogP contribution >= 0.6 is 11.6 Å². The van der Waals surface area contributed by atoms with Crippen molar-refractivity contribution in [2.24, 2.45) is 5.14 Å². The summed E-state index contributed by atoms with van der Waals surface area (Å²) in [6, 6.07) is 1.65. The van der Waals surface area contributed by atoms with E-state index in [1.807, 2.05) is 0 Å². The number of hydrogen-bond acceptors (Lipinski definition) is 3. The van der Waals surface area contributed by atoms with Crippen LogP contribution in [-0.2, 0) is 10.0 Å². The lowest BCUT2D eigenvalue weighted by molar-refractivity contribution is 0.0947. The van der Waals surface area contributed by atoms with Crippen molar-refractivity contribution >= 4 is 27.5 Å². The summed E-state index contributed by atoms with van der Waals surface area (Å²) in [4.78, 5) is 11.2. The summed E-state index contributed by atoms with van der Waals surface area (Å²) in [5, 5.41) is 7.13. The van der Waals surface area contributed by atoms with Crippen LogP contribution in [0.2, 0.25) is 5.02 Å². The second-order valence-corrected chi connectivity index (χ2v) is 5.99. The molecule has 1 aliphatic carbocycles. The fourth-order valence-electron chi connectivity index (χ4n) is 1.41. The van der Waals surface area contributed by atoms with Gasteiger partial charge in [0.25, 0.3) is 5.91 Å². The minimum atomic E-state index is -4.10. The topological polar surface area (TPSA) is 89.3 Å². The molecule has 0 bridgehead atoms. The second-order valence-electron chi connectivity index (χ2n) is 4.06. The van der Waals surface area contributed by atoms with Gasteiger partial charge in [0.2, 0.25) is 10.0 Å². The Morgan fingerprint density at radius 1 is 1.44 bits per heavy atom. The third-order valence-corrected chi connectivity index (χ3v) is 3.86. The van der Waals surface area contributed by atoms with Crippen LogP contribution in [0, 0.1) is 5.82 Å². The highest BCUT2D eigenvalue weighted by Crippen LogP contribution is 2.25. The van der Waals surface area contributed by atoms with Gasteiger partial charge in [-0.25, -0.2) is 17.9 Å². The predicted molar refractivity (Wildman–Crippen MR) is 63.3 cm³/mol. The first-order valence-electron chi connectivity index (χ1n) is 5.12. The van der Waals surface area contributed by atoms with Gasteiger partial charge in [-0.1, -0.05) is 11.6 Å². The number of primary sulfonamides is 1. The maximum Gasteiger partial charge on any atom is 0.254 e. The van der Waals surface area contributed by atoms with Crippen LogP contribution in [0.4, 0.5) is 4.39 Å². The van der Waals surface area contributed by atoms with Gasteiger partial charge in [-0.15, -0.1) is 0 Å². The standard InChI is InChI=1S/C10H10ClFN2O3S/c11-7-4-8(12)6(3-9(7)18(13,16)17)10(15)14-5-1-2-5/h3-5H,1-2H2,(H,14,15)(H2,13,16,17). The van der Waals surface area contributed by atoms with E-state index in [9.17, 15) is 17.6 Å². The Morgan fingerprint density at radius 2 is 2.06 bits per heavy atom. The number of hydrogen-bond donors (Lipinski definition) is 2. The average molecular weight is 293 g/mol. The van der Waals surface area contributed by atoms with E-state index in [0.717, 1.165) is 25.0 Å². The Labute approximate surface area is 108 Å². The number of benzene rings is 1. The average Bonchev–Trinajstić information content (AvgIpc) is 2.99. The number of halogens is 2. The molecule has 0 saturated heterocycles. The predicted octanol–water partition coefficient (Wildman–Crippen LogP) is 1.02. The van der Waals surface area contributed by atoms with Gasteiger partial charge in [0, 0.05) is 6.04 Å². The molecule has 0 unspecified atom stereocenters. The van der Waals surface area contributed by atoms with E-state index in [-0.39, 0.29) is 16.6 Å². The van der Waals surface area contributed by atoms with Gasteiger partial charge in [-0.3, -0.25) is 4.79 Å². The highest BCUT2D eigenvalue weighted by atomic mass is 35.5. The molecule has 1 aliphatic rings. The SMILES string of the molecule is NS(=O)(=O)c1cc(C(=O)NC2CC2)c(F)cc1Cl. The van der Waals surface area contributed by atoms with E-state index in [1.54, 1.807) is 0 Å². The summed E-state index contributed by atoms with van der Waals surface area (Å²) in [6.07, 6.45) is 1.67. The molecule has 98 valence electrons. The Balaban J connectivity index is 2.43. The van der Waals surface area contributed by atoms with E-state index >= 15 is 0 Å². The maximum absolute atomic E-state index is 13.6. The number of sulfonamides is 1. The third kappa shape index (κ3) is 2.80. The lowest BCUT2D eigenvalue weighted by Gasteiger charge is -2.08. The van der Waals surface area contributed by atoms with Crippen molar-refractivity contribution in [1.29, 1.82) is 0 Å². The van der Waals surface area contributed by atoms with Crippen molar-refractivity contribution < 1.29 is 17.6 Å². The number of nitrogens with one attached hydrogen (secondary N) is 1. The van der Waals surface area contributed by atoms with Gasteiger partial charge in [0.15, 0.2) is 0 Å². The molecule has 1 saturated carbocycles. The van der Waals surface area contributed by atoms with Gasteiger partial charge in [0.05, 0.1) is 10.6 Å². The summed E-state index contributed by atoms with van der Waals surface area (Å²) in [6.45, 7) is 0. The van der Waals surface area contributed by atoms with E-state index < -0.39 is 26.6 Å². The first-order valence-corrected chi connectivity index (χ1v) is 7.04. The zero-order valence-electron chi connectivity index (χ0n) is 9.11. The quantitative estimate of drug-likeness (QED) is 0.871. The molecule has 18 heavy (non-hydrogen) atoms. The zero-order valence-corrected chi connectivity index (χ0v) is 10.7. The van der Waals surface area contributed by atoms with Crippen LogP contribution in [-0.4, -0.2) is 20.4 Å². The number of rotatable bonds is 3. The molecule has 5 nitrogen and oxygen atoms in total. The molecule has 1 aromatic carbocycles. The molecule has 0 atom stereocenters. The Bertz CT molecular complexity index is 614. The molecule has 0 heterocycles. The minimum absolute atomic E-state index is 0.0329. The first kappa shape index (κ1) is 13.3. The van der Waals surface area contributed by atoms with Crippen LogP contribution in [0.25, 0.3) is 0 Å². The molecular formula is C10H10ClFN2O3S. The van der Waals surface area contributed by atoms with Crippen LogP contribution in [0.15, 0.2) is 17.0 Å². The summed E-state index contributed by atoms with van der Waals surface area (Å²) >= 11 is 5.58. The maximum atomic E-state index is 13.6. The summed E-state index contributed by atoms with van der Waals surface area (Å²) in [5.41, 5.74) is -0.379. The first-order chi connectivity index (χ1) is 8.29. The highest BCUT2D eigenvalue weighted by Gasteiger charge is 2.26. The van der Waals surface area contributed by atoms with E-state index in [0.29, 0.717) is 0 Å². The molecule has 0 aromatic heterocycles. The van der Waals surface area contributed by atoms with Crippen molar-refractivity contribution in [3.8, 4) is 0 Å². The number of nitrogens with two attached hydrogens (primary N) is 1. The van der Waals surface area contributed by atoms with Crippen LogP contribution < -0.4 is 10.5 Å². The lowest BCUT2D eigenvalue weighted by atomic mass is 10.2. The van der Waals surface area contributed by atoms with Crippen molar-refractivity contribution in [1.82, 2.24) is 5.32 Å². The summed E-state index contributed by atoms with van der Waals surface area (Å²) in [7, 11) is -4.10. The second kappa shape index (κ2) is 4.49. The summed E-state index contributed by atoms with van der Waals surface area (Å²) < 4.78 is 36.0. The molecule has 0 radical (unpaired) electrons. The fourth-order valence-corrected chi connectivity index (χ4v) is 2.50. The number of amides is 1. The van der Waals surface area contributed by atoms with Crippen molar-refractivity contribution in [2.75, 3.05) is 0 Å². The van der Waals surface area contributed by atoms with Crippen LogP contribution in [0.1, 0.15) is 23.2 Å². The third-order valence-electron chi connectivity index (χ3n) is 2.49. The van der Waals surface area contributed by atoms with Crippen LogP contribution in [0.5, 0.6) is 0 Å². The van der Waals surface area contributed by atoms with E-state index in [2.05, 4.69) is 5.32 Å². The molecule has 1 amide bonds. The van der Waals surface area contributed by atoms with E-state index in [4.69, 9.17) is 16.7 Å². The number of carbonyl (C=O) groups excluding carboxylic acids is 1. The van der Waals surface area contributed by atoms with Gasteiger partial charge in [-0.05, 0) is 25.0 Å².